The molecule has 27 heavy (non-hydrogen) atoms. The normalized spacial score (nSPS) is 21.4. The van der Waals surface area contributed by atoms with Gasteiger partial charge in [-0.15, -0.1) is 0 Å². The number of piperidine rings is 1. The molecule has 0 atom stereocenters. The first kappa shape index (κ1) is 16.5. The van der Waals surface area contributed by atoms with Gasteiger partial charge in [0.2, 0.25) is 0 Å². The van der Waals surface area contributed by atoms with Crippen molar-refractivity contribution in [2.75, 3.05) is 26.7 Å². The SMILES string of the molecule is CN1CC2(CCN(C(=O)c3ccco3)CC2)c2nc(C3CC3)ncc2C1=O. The minimum absolute atomic E-state index is 0.00735. The van der Waals surface area contributed by atoms with Gasteiger partial charge in [-0.25, -0.2) is 9.97 Å². The zero-order valence-electron chi connectivity index (χ0n) is 15.4. The number of likely N-dealkylation sites (N-methyl/N-ethyl adjacent to an activating group) is 1. The molecule has 2 aliphatic heterocycles. The van der Waals surface area contributed by atoms with E-state index in [1.165, 1.54) is 6.26 Å². The molecule has 2 aromatic rings. The van der Waals surface area contributed by atoms with Crippen molar-refractivity contribution in [3.63, 3.8) is 0 Å². The number of rotatable bonds is 2. The molecule has 2 fully saturated rings. The molecule has 0 bridgehead atoms. The molecule has 2 aromatic heterocycles. The van der Waals surface area contributed by atoms with Crippen LogP contribution in [0.1, 0.15) is 64.0 Å². The lowest BCUT2D eigenvalue weighted by molar-refractivity contribution is 0.0522. The summed E-state index contributed by atoms with van der Waals surface area (Å²) < 4.78 is 5.26. The summed E-state index contributed by atoms with van der Waals surface area (Å²) in [6.45, 7) is 1.90. The number of nitrogens with zero attached hydrogens (tertiary/aromatic N) is 4. The van der Waals surface area contributed by atoms with Gasteiger partial charge < -0.3 is 14.2 Å². The predicted octanol–water partition coefficient (Wildman–Crippen LogP) is 2.21. The lowest BCUT2D eigenvalue weighted by Gasteiger charge is -2.46. The van der Waals surface area contributed by atoms with Crippen LogP contribution in [0.4, 0.5) is 0 Å². The Hall–Kier alpha value is -2.70. The molecule has 0 aromatic carbocycles. The molecule has 0 radical (unpaired) electrons. The number of hydrogen-bond acceptors (Lipinski definition) is 5. The van der Waals surface area contributed by atoms with Crippen LogP contribution in [0.3, 0.4) is 0 Å². The van der Waals surface area contributed by atoms with Gasteiger partial charge in [-0.05, 0) is 37.8 Å². The third-order valence-corrected chi connectivity index (χ3v) is 6.11. The number of likely N-dealkylation sites (tertiary alicyclic amines) is 1. The third-order valence-electron chi connectivity index (χ3n) is 6.11. The second-order valence-electron chi connectivity index (χ2n) is 7.98. The number of aromatic nitrogens is 2. The zero-order chi connectivity index (χ0) is 18.6. The van der Waals surface area contributed by atoms with Crippen molar-refractivity contribution in [3.05, 3.63) is 47.4 Å². The number of carbonyl (C=O) groups is 2. The van der Waals surface area contributed by atoms with Crippen molar-refractivity contribution >= 4 is 11.8 Å². The van der Waals surface area contributed by atoms with Gasteiger partial charge in [0, 0.05) is 44.2 Å². The van der Waals surface area contributed by atoms with E-state index in [2.05, 4.69) is 4.98 Å². The summed E-state index contributed by atoms with van der Waals surface area (Å²) in [5, 5.41) is 0. The summed E-state index contributed by atoms with van der Waals surface area (Å²) in [6, 6.07) is 3.43. The average molecular weight is 366 g/mol. The van der Waals surface area contributed by atoms with E-state index < -0.39 is 0 Å². The maximum atomic E-state index is 12.6. The Labute approximate surface area is 157 Å². The molecule has 1 saturated carbocycles. The summed E-state index contributed by atoms with van der Waals surface area (Å²) in [7, 11) is 1.84. The van der Waals surface area contributed by atoms with Gasteiger partial charge in [0.1, 0.15) is 5.82 Å². The molecule has 3 aliphatic rings. The number of amides is 2. The van der Waals surface area contributed by atoms with Gasteiger partial charge in [-0.1, -0.05) is 0 Å². The van der Waals surface area contributed by atoms with E-state index in [0.29, 0.717) is 36.9 Å². The monoisotopic (exact) mass is 366 g/mol. The summed E-state index contributed by atoms with van der Waals surface area (Å²) in [5.41, 5.74) is 1.32. The lowest BCUT2D eigenvalue weighted by atomic mass is 9.71. The molecule has 1 saturated heterocycles. The Morgan fingerprint density at radius 1 is 1.30 bits per heavy atom. The second-order valence-corrected chi connectivity index (χ2v) is 7.98. The first-order valence-corrected chi connectivity index (χ1v) is 9.53. The molecule has 140 valence electrons. The Kier molecular flexibility index (Phi) is 3.60. The number of fused-ring (bicyclic) bond motifs is 2. The van der Waals surface area contributed by atoms with Crippen molar-refractivity contribution in [2.45, 2.75) is 37.0 Å². The smallest absolute Gasteiger partial charge is 0.289 e. The minimum Gasteiger partial charge on any atom is -0.459 e. The topological polar surface area (TPSA) is 79.5 Å². The molecule has 0 N–H and O–H groups in total. The number of carbonyl (C=O) groups excluding carboxylic acids is 2. The van der Waals surface area contributed by atoms with Crippen LogP contribution in [0, 0.1) is 0 Å². The van der Waals surface area contributed by atoms with Crippen molar-refractivity contribution in [1.82, 2.24) is 19.8 Å². The van der Waals surface area contributed by atoms with Gasteiger partial charge in [0.05, 0.1) is 17.5 Å². The Bertz CT molecular complexity index is 896. The first-order chi connectivity index (χ1) is 13.1. The maximum absolute atomic E-state index is 12.6. The minimum atomic E-state index is -0.204. The quantitative estimate of drug-likeness (QED) is 0.814. The van der Waals surface area contributed by atoms with Crippen LogP contribution in [0.2, 0.25) is 0 Å². The van der Waals surface area contributed by atoms with E-state index >= 15 is 0 Å². The Morgan fingerprint density at radius 2 is 2.07 bits per heavy atom. The van der Waals surface area contributed by atoms with Gasteiger partial charge in [0.15, 0.2) is 5.76 Å². The van der Waals surface area contributed by atoms with E-state index in [1.54, 1.807) is 23.2 Å². The Balaban J connectivity index is 1.45. The van der Waals surface area contributed by atoms with E-state index in [0.717, 1.165) is 37.2 Å². The molecule has 1 aliphatic carbocycles. The van der Waals surface area contributed by atoms with Crippen molar-refractivity contribution in [1.29, 1.82) is 0 Å². The zero-order valence-corrected chi connectivity index (χ0v) is 15.4. The van der Waals surface area contributed by atoms with Gasteiger partial charge >= 0.3 is 0 Å². The van der Waals surface area contributed by atoms with Gasteiger partial charge in [0.25, 0.3) is 11.8 Å². The summed E-state index contributed by atoms with van der Waals surface area (Å²) in [5.74, 6) is 1.62. The van der Waals surface area contributed by atoms with Crippen LogP contribution in [0.25, 0.3) is 0 Å². The second kappa shape index (κ2) is 5.90. The van der Waals surface area contributed by atoms with E-state index in [9.17, 15) is 9.59 Å². The standard InChI is InChI=1S/C20H22N4O3/c1-23-12-20(6-8-24(9-7-20)19(26)15-3-2-10-27-15)16-14(18(23)25)11-21-17(22-16)13-4-5-13/h2-3,10-11,13H,4-9,12H2,1H3. The molecule has 2 amide bonds. The number of furan rings is 1. The highest BCUT2D eigenvalue weighted by Crippen LogP contribution is 2.43. The summed E-state index contributed by atoms with van der Waals surface area (Å²) in [6.07, 6.45) is 7.07. The fraction of sp³-hybridized carbons (Fsp3) is 0.500. The Morgan fingerprint density at radius 3 is 2.74 bits per heavy atom. The maximum Gasteiger partial charge on any atom is 0.289 e. The van der Waals surface area contributed by atoms with Crippen LogP contribution < -0.4 is 0 Å². The van der Waals surface area contributed by atoms with Crippen molar-refractivity contribution in [3.8, 4) is 0 Å². The first-order valence-electron chi connectivity index (χ1n) is 9.53. The van der Waals surface area contributed by atoms with Gasteiger partial charge in [-0.3, -0.25) is 9.59 Å². The van der Waals surface area contributed by atoms with Crippen LogP contribution >= 0.6 is 0 Å². The number of hydrogen-bond donors (Lipinski definition) is 0. The largest absolute Gasteiger partial charge is 0.459 e. The molecule has 0 unspecified atom stereocenters. The average Bonchev–Trinajstić information content (AvgIpc) is 3.40. The molecule has 5 rings (SSSR count). The van der Waals surface area contributed by atoms with Crippen molar-refractivity contribution < 1.29 is 14.0 Å². The van der Waals surface area contributed by atoms with E-state index in [1.807, 2.05) is 11.9 Å². The molecular weight excluding hydrogens is 344 g/mol. The molecule has 7 heteroatoms. The lowest BCUT2D eigenvalue weighted by Crippen LogP contribution is -2.54. The van der Waals surface area contributed by atoms with Crippen LogP contribution in [0.5, 0.6) is 0 Å². The van der Waals surface area contributed by atoms with Crippen LogP contribution in [-0.4, -0.2) is 58.3 Å². The highest BCUT2D eigenvalue weighted by Gasteiger charge is 2.47. The fourth-order valence-electron chi connectivity index (χ4n) is 4.39. The molecule has 1 spiro atoms. The van der Waals surface area contributed by atoms with E-state index in [-0.39, 0.29) is 17.2 Å². The molecule has 4 heterocycles. The van der Waals surface area contributed by atoms with Crippen molar-refractivity contribution in [2.24, 2.45) is 0 Å². The summed E-state index contributed by atoms with van der Waals surface area (Å²) >= 11 is 0. The third kappa shape index (κ3) is 2.64. The molecular formula is C20H22N4O3. The van der Waals surface area contributed by atoms with Gasteiger partial charge in [-0.2, -0.15) is 0 Å². The fourth-order valence-corrected chi connectivity index (χ4v) is 4.39. The van der Waals surface area contributed by atoms with Crippen LogP contribution in [0.15, 0.2) is 29.0 Å². The summed E-state index contributed by atoms with van der Waals surface area (Å²) in [4.78, 5) is 38.2. The van der Waals surface area contributed by atoms with Crippen LogP contribution in [-0.2, 0) is 5.41 Å². The van der Waals surface area contributed by atoms with E-state index in [4.69, 9.17) is 9.40 Å². The highest BCUT2D eigenvalue weighted by molar-refractivity contribution is 5.96. The highest BCUT2D eigenvalue weighted by atomic mass is 16.3. The predicted molar refractivity (Wildman–Crippen MR) is 96.5 cm³/mol. The molecule has 7 nitrogen and oxygen atoms in total.